The SMILES string of the molecule is O=C(Nc1ccc(F)cc1)Nc1nnc(COc2ccc(F)cc2)s1. The lowest BCUT2D eigenvalue weighted by Crippen LogP contribution is -2.19. The number of ether oxygens (including phenoxy) is 1. The van der Waals surface area contributed by atoms with E-state index < -0.39 is 6.03 Å². The van der Waals surface area contributed by atoms with Gasteiger partial charge in [-0.3, -0.25) is 5.32 Å². The highest BCUT2D eigenvalue weighted by Gasteiger charge is 2.09. The van der Waals surface area contributed by atoms with Crippen LogP contribution >= 0.6 is 11.3 Å². The number of urea groups is 1. The molecular weight excluding hydrogens is 350 g/mol. The quantitative estimate of drug-likeness (QED) is 0.718. The molecule has 6 nitrogen and oxygen atoms in total. The molecule has 0 aliphatic carbocycles. The van der Waals surface area contributed by atoms with Gasteiger partial charge in [0.1, 0.15) is 24.0 Å². The first-order valence-corrected chi connectivity index (χ1v) is 7.94. The van der Waals surface area contributed by atoms with E-state index >= 15 is 0 Å². The molecule has 0 spiro atoms. The molecule has 0 aliphatic rings. The van der Waals surface area contributed by atoms with Crippen LogP contribution in [0.3, 0.4) is 0 Å². The number of halogens is 2. The molecule has 25 heavy (non-hydrogen) atoms. The number of amides is 2. The third kappa shape index (κ3) is 4.95. The minimum Gasteiger partial charge on any atom is -0.486 e. The van der Waals surface area contributed by atoms with Gasteiger partial charge in [-0.1, -0.05) is 11.3 Å². The number of aromatic nitrogens is 2. The molecule has 0 saturated carbocycles. The molecular formula is C16H12F2N4O2S. The van der Waals surface area contributed by atoms with E-state index in [0.717, 1.165) is 11.3 Å². The van der Waals surface area contributed by atoms with Gasteiger partial charge in [-0.25, -0.2) is 13.6 Å². The molecule has 0 atom stereocenters. The van der Waals surface area contributed by atoms with E-state index in [-0.39, 0.29) is 23.4 Å². The van der Waals surface area contributed by atoms with Crippen LogP contribution in [0.1, 0.15) is 5.01 Å². The summed E-state index contributed by atoms with van der Waals surface area (Å²) in [6.45, 7) is 0.143. The summed E-state index contributed by atoms with van der Waals surface area (Å²) in [5, 5.41) is 13.6. The fourth-order valence-electron chi connectivity index (χ4n) is 1.83. The number of anilines is 2. The number of nitrogens with one attached hydrogen (secondary N) is 2. The van der Waals surface area contributed by atoms with Crippen molar-refractivity contribution in [2.75, 3.05) is 10.6 Å². The van der Waals surface area contributed by atoms with E-state index in [0.29, 0.717) is 16.4 Å². The van der Waals surface area contributed by atoms with Crippen molar-refractivity contribution in [1.82, 2.24) is 10.2 Å². The molecule has 1 heterocycles. The molecule has 0 aliphatic heterocycles. The summed E-state index contributed by atoms with van der Waals surface area (Å²) in [6.07, 6.45) is 0. The summed E-state index contributed by atoms with van der Waals surface area (Å²) < 4.78 is 31.1. The van der Waals surface area contributed by atoms with E-state index in [2.05, 4.69) is 20.8 Å². The number of nitrogens with zero attached hydrogens (tertiary/aromatic N) is 2. The Balaban J connectivity index is 1.51. The van der Waals surface area contributed by atoms with Gasteiger partial charge in [0.15, 0.2) is 5.01 Å². The predicted molar refractivity (Wildman–Crippen MR) is 89.7 cm³/mol. The summed E-state index contributed by atoms with van der Waals surface area (Å²) in [4.78, 5) is 11.8. The zero-order chi connectivity index (χ0) is 17.6. The topological polar surface area (TPSA) is 76.1 Å². The van der Waals surface area contributed by atoms with Crippen LogP contribution in [-0.2, 0) is 6.61 Å². The predicted octanol–water partition coefficient (Wildman–Crippen LogP) is 4.04. The molecule has 0 radical (unpaired) electrons. The van der Waals surface area contributed by atoms with Crippen LogP contribution in [0.4, 0.5) is 24.4 Å². The molecule has 9 heteroatoms. The average molecular weight is 362 g/mol. The Morgan fingerprint density at radius 3 is 2.28 bits per heavy atom. The first-order valence-electron chi connectivity index (χ1n) is 7.13. The molecule has 0 unspecified atom stereocenters. The van der Waals surface area contributed by atoms with Crippen LogP contribution in [0.15, 0.2) is 48.5 Å². The van der Waals surface area contributed by atoms with Crippen molar-refractivity contribution in [3.05, 3.63) is 65.2 Å². The summed E-state index contributed by atoms with van der Waals surface area (Å²) in [7, 11) is 0. The second-order valence-electron chi connectivity index (χ2n) is 4.83. The lowest BCUT2D eigenvalue weighted by Gasteiger charge is -2.04. The molecule has 2 aromatic carbocycles. The van der Waals surface area contributed by atoms with Gasteiger partial charge in [-0.15, -0.1) is 10.2 Å². The maximum absolute atomic E-state index is 12.8. The third-order valence-electron chi connectivity index (χ3n) is 2.97. The molecule has 0 bridgehead atoms. The van der Waals surface area contributed by atoms with Crippen LogP contribution in [-0.4, -0.2) is 16.2 Å². The molecule has 128 valence electrons. The Morgan fingerprint density at radius 2 is 1.60 bits per heavy atom. The molecule has 2 N–H and O–H groups in total. The smallest absolute Gasteiger partial charge is 0.325 e. The monoisotopic (exact) mass is 362 g/mol. The molecule has 1 aromatic heterocycles. The number of carbonyl (C=O) groups is 1. The first kappa shape index (κ1) is 16.8. The maximum Gasteiger partial charge on any atom is 0.325 e. The van der Waals surface area contributed by atoms with Crippen LogP contribution in [0.2, 0.25) is 0 Å². The van der Waals surface area contributed by atoms with Gasteiger partial charge in [0, 0.05) is 5.69 Å². The zero-order valence-electron chi connectivity index (χ0n) is 12.7. The van der Waals surface area contributed by atoms with Gasteiger partial charge in [0.25, 0.3) is 0 Å². The minimum absolute atomic E-state index is 0.143. The van der Waals surface area contributed by atoms with E-state index in [9.17, 15) is 13.6 Å². The summed E-state index contributed by atoms with van der Waals surface area (Å²) in [6, 6.07) is 10.4. The van der Waals surface area contributed by atoms with Gasteiger partial charge in [-0.05, 0) is 48.5 Å². The second kappa shape index (κ2) is 7.67. The Bertz CT molecular complexity index is 853. The molecule has 3 rings (SSSR count). The Hall–Kier alpha value is -3.07. The maximum atomic E-state index is 12.8. The van der Waals surface area contributed by atoms with Gasteiger partial charge in [0.05, 0.1) is 0 Å². The van der Waals surface area contributed by atoms with E-state index in [1.54, 1.807) is 0 Å². The molecule has 3 aromatic rings. The number of carbonyl (C=O) groups excluding carboxylic acids is 1. The number of hydrogen-bond donors (Lipinski definition) is 2. The van der Waals surface area contributed by atoms with Crippen molar-refractivity contribution in [2.45, 2.75) is 6.61 Å². The van der Waals surface area contributed by atoms with E-state index in [4.69, 9.17) is 4.74 Å². The van der Waals surface area contributed by atoms with Gasteiger partial charge in [-0.2, -0.15) is 0 Å². The molecule has 0 fully saturated rings. The van der Waals surface area contributed by atoms with Gasteiger partial charge < -0.3 is 10.1 Å². The Labute approximate surface area is 145 Å². The number of hydrogen-bond acceptors (Lipinski definition) is 5. The van der Waals surface area contributed by atoms with Gasteiger partial charge in [0.2, 0.25) is 5.13 Å². The Kier molecular flexibility index (Phi) is 5.14. The van der Waals surface area contributed by atoms with Crippen molar-refractivity contribution >= 4 is 28.2 Å². The number of rotatable bonds is 5. The van der Waals surface area contributed by atoms with Crippen LogP contribution in [0.5, 0.6) is 5.75 Å². The second-order valence-corrected chi connectivity index (χ2v) is 5.89. The number of benzene rings is 2. The molecule has 2 amide bonds. The van der Waals surface area contributed by atoms with Crippen LogP contribution < -0.4 is 15.4 Å². The van der Waals surface area contributed by atoms with Crippen molar-refractivity contribution in [3.63, 3.8) is 0 Å². The first-order chi connectivity index (χ1) is 12.1. The third-order valence-corrected chi connectivity index (χ3v) is 3.78. The molecule has 0 saturated heterocycles. The lowest BCUT2D eigenvalue weighted by atomic mass is 10.3. The standard InChI is InChI=1S/C16H12F2N4O2S/c17-10-1-5-12(6-2-10)19-15(23)20-16-22-21-14(25-16)9-24-13-7-3-11(18)4-8-13/h1-8H,9H2,(H2,19,20,22,23). The summed E-state index contributed by atoms with van der Waals surface area (Å²) >= 11 is 1.14. The van der Waals surface area contributed by atoms with Gasteiger partial charge >= 0.3 is 6.03 Å². The highest BCUT2D eigenvalue weighted by molar-refractivity contribution is 7.15. The van der Waals surface area contributed by atoms with Crippen molar-refractivity contribution < 1.29 is 18.3 Å². The minimum atomic E-state index is -0.520. The van der Waals surface area contributed by atoms with Crippen LogP contribution in [0.25, 0.3) is 0 Å². The fraction of sp³-hybridized carbons (Fsp3) is 0.0625. The van der Waals surface area contributed by atoms with E-state index in [1.807, 2.05) is 0 Å². The van der Waals surface area contributed by atoms with Crippen LogP contribution in [0, 0.1) is 11.6 Å². The largest absolute Gasteiger partial charge is 0.486 e. The van der Waals surface area contributed by atoms with Crippen molar-refractivity contribution in [2.24, 2.45) is 0 Å². The highest BCUT2D eigenvalue weighted by atomic mass is 32.1. The zero-order valence-corrected chi connectivity index (χ0v) is 13.5. The van der Waals surface area contributed by atoms with E-state index in [1.165, 1.54) is 48.5 Å². The average Bonchev–Trinajstić information content (AvgIpc) is 3.04. The fourth-order valence-corrected chi connectivity index (χ4v) is 2.48. The summed E-state index contributed by atoms with van der Waals surface area (Å²) in [5.41, 5.74) is 0.447. The normalized spacial score (nSPS) is 10.3. The van der Waals surface area contributed by atoms with Crippen molar-refractivity contribution in [3.8, 4) is 5.75 Å². The Morgan fingerprint density at radius 1 is 0.960 bits per heavy atom. The van der Waals surface area contributed by atoms with Crippen molar-refractivity contribution in [1.29, 1.82) is 0 Å². The lowest BCUT2D eigenvalue weighted by molar-refractivity contribution is 0.262. The summed E-state index contributed by atoms with van der Waals surface area (Å²) in [5.74, 6) is -0.233. The highest BCUT2D eigenvalue weighted by Crippen LogP contribution is 2.19.